The van der Waals surface area contributed by atoms with Crippen LogP contribution in [-0.2, 0) is 35.1 Å². The van der Waals surface area contributed by atoms with E-state index in [0.29, 0.717) is 0 Å². The maximum absolute atomic E-state index is 14.5. The summed E-state index contributed by atoms with van der Waals surface area (Å²) in [7, 11) is 0. The third-order valence-electron chi connectivity index (χ3n) is 6.61. The number of phenols is 1. The molecule has 0 radical (unpaired) electrons. The molecule has 4 amide bonds. The van der Waals surface area contributed by atoms with E-state index in [2.05, 4.69) is 10.6 Å². The van der Waals surface area contributed by atoms with Crippen molar-refractivity contribution in [1.82, 2.24) is 15.5 Å². The fraction of sp³-hybridized carbons (Fsp3) is 0.514. The summed E-state index contributed by atoms with van der Waals surface area (Å²) in [5, 5.41) is 15.7. The van der Waals surface area contributed by atoms with Crippen molar-refractivity contribution in [3.63, 3.8) is 0 Å². The highest BCUT2D eigenvalue weighted by Crippen LogP contribution is 2.32. The molecule has 0 heterocycles. The van der Waals surface area contributed by atoms with Crippen LogP contribution in [0, 0.1) is 0 Å². The van der Waals surface area contributed by atoms with Crippen molar-refractivity contribution < 1.29 is 38.6 Å². The molecule has 3 unspecified atom stereocenters. The van der Waals surface area contributed by atoms with Crippen molar-refractivity contribution in [2.75, 3.05) is 0 Å². The van der Waals surface area contributed by atoms with Crippen molar-refractivity contribution in [2.45, 2.75) is 116 Å². The Balaban J connectivity index is 2.66. The van der Waals surface area contributed by atoms with E-state index in [1.807, 2.05) is 30.3 Å². The smallest absolute Gasteiger partial charge is 0.408 e. The van der Waals surface area contributed by atoms with Crippen molar-refractivity contribution >= 4 is 29.8 Å². The number of nitrogens with zero attached hydrogens (tertiary/aromatic N) is 1. The summed E-state index contributed by atoms with van der Waals surface area (Å²) in [6.07, 6.45) is -1.23. The summed E-state index contributed by atoms with van der Waals surface area (Å²) in [6.45, 7) is 15.2. The number of ether oxygens (including phenoxy) is 2. The van der Waals surface area contributed by atoms with E-state index >= 15 is 0 Å². The van der Waals surface area contributed by atoms with Gasteiger partial charge in [0, 0.05) is 18.4 Å². The van der Waals surface area contributed by atoms with Crippen molar-refractivity contribution in [3.8, 4) is 5.75 Å². The fourth-order valence-electron chi connectivity index (χ4n) is 4.79. The third kappa shape index (κ3) is 13.0. The van der Waals surface area contributed by atoms with Crippen LogP contribution in [0.5, 0.6) is 5.75 Å². The molecule has 5 N–H and O–H groups in total. The van der Waals surface area contributed by atoms with Gasteiger partial charge in [-0.25, -0.2) is 9.59 Å². The summed E-state index contributed by atoms with van der Waals surface area (Å²) < 4.78 is 11.0. The van der Waals surface area contributed by atoms with Gasteiger partial charge in [-0.3, -0.25) is 14.4 Å². The Kier molecular flexibility index (Phi) is 13.0. The molecule has 3 atom stereocenters. The maximum atomic E-state index is 14.5. The number of benzene rings is 2. The zero-order valence-electron chi connectivity index (χ0n) is 28.9. The van der Waals surface area contributed by atoms with Gasteiger partial charge in [0.25, 0.3) is 0 Å². The molecule has 0 saturated carbocycles. The van der Waals surface area contributed by atoms with Crippen LogP contribution in [0.25, 0.3) is 0 Å². The lowest BCUT2D eigenvalue weighted by atomic mass is 9.94. The second-order valence-corrected chi connectivity index (χ2v) is 14.4. The van der Waals surface area contributed by atoms with Crippen molar-refractivity contribution in [1.29, 1.82) is 0 Å². The van der Waals surface area contributed by atoms with Gasteiger partial charge in [-0.1, -0.05) is 42.5 Å². The molecule has 47 heavy (non-hydrogen) atoms. The Morgan fingerprint density at radius 2 is 1.40 bits per heavy atom. The van der Waals surface area contributed by atoms with Gasteiger partial charge >= 0.3 is 12.1 Å². The molecule has 0 aromatic heterocycles. The molecule has 2 aromatic carbocycles. The van der Waals surface area contributed by atoms with Crippen LogP contribution in [0.15, 0.2) is 54.6 Å². The third-order valence-corrected chi connectivity index (χ3v) is 6.61. The molecule has 2 rings (SSSR count). The standard InChI is InChI=1S/C35H50N4O8/c1-33(2,3)39(30(43)25(18-19-27(36)41)38-32(45)47-35(7,8)9)28(23-16-13-17-24(40)21-23)29(42)37-26(31(44)46-34(4,5)6)20-22-14-11-10-12-15-22/h10-17,21,25-26,28,40H,18-20H2,1-9H3,(H2,36,41)(H,37,42)(H,38,45). The number of alkyl carbamates (subject to hydrolysis) is 1. The lowest BCUT2D eigenvalue weighted by molar-refractivity contribution is -0.159. The van der Waals surface area contributed by atoms with Crippen LogP contribution in [0.3, 0.4) is 0 Å². The van der Waals surface area contributed by atoms with Gasteiger partial charge < -0.3 is 35.8 Å². The number of carbonyl (C=O) groups excluding carboxylic acids is 5. The number of phenolic OH excluding ortho intramolecular Hbond substituents is 1. The van der Waals surface area contributed by atoms with E-state index in [1.54, 1.807) is 68.4 Å². The number of carbonyl (C=O) groups is 5. The molecule has 0 spiro atoms. The SMILES string of the molecule is CC(C)(C)OC(=O)NC(CCC(N)=O)C(=O)N(C(C(=O)NC(Cc1ccccc1)C(=O)OC(C)(C)C)c1cccc(O)c1)C(C)(C)C. The minimum absolute atomic E-state index is 0.0964. The molecular weight excluding hydrogens is 604 g/mol. The maximum Gasteiger partial charge on any atom is 0.408 e. The average molecular weight is 655 g/mol. The van der Waals surface area contributed by atoms with E-state index in [1.165, 1.54) is 23.1 Å². The first kappa shape index (κ1) is 38.6. The lowest BCUT2D eigenvalue weighted by Crippen LogP contribution is -2.59. The molecule has 12 heteroatoms. The number of esters is 1. The molecule has 0 aliphatic carbocycles. The van der Waals surface area contributed by atoms with E-state index in [0.717, 1.165) is 5.56 Å². The minimum Gasteiger partial charge on any atom is -0.508 e. The number of nitrogens with two attached hydrogens (primary N) is 1. The van der Waals surface area contributed by atoms with E-state index in [4.69, 9.17) is 15.2 Å². The monoisotopic (exact) mass is 654 g/mol. The van der Waals surface area contributed by atoms with Gasteiger partial charge in [0.15, 0.2) is 0 Å². The molecule has 0 aliphatic rings. The summed E-state index contributed by atoms with van der Waals surface area (Å²) >= 11 is 0. The molecule has 12 nitrogen and oxygen atoms in total. The van der Waals surface area contributed by atoms with Crippen LogP contribution in [0.1, 0.15) is 92.3 Å². The van der Waals surface area contributed by atoms with Crippen LogP contribution < -0.4 is 16.4 Å². The second kappa shape index (κ2) is 15.8. The number of rotatable bonds is 12. The largest absolute Gasteiger partial charge is 0.508 e. The van der Waals surface area contributed by atoms with Gasteiger partial charge in [0.05, 0.1) is 0 Å². The number of amides is 4. The van der Waals surface area contributed by atoms with Crippen molar-refractivity contribution in [3.05, 3.63) is 65.7 Å². The molecular formula is C35H50N4O8. The molecule has 2 aromatic rings. The minimum atomic E-state index is -1.41. The van der Waals surface area contributed by atoms with Gasteiger partial charge in [-0.15, -0.1) is 0 Å². The second-order valence-electron chi connectivity index (χ2n) is 14.4. The Bertz CT molecular complexity index is 1410. The summed E-state index contributed by atoms with van der Waals surface area (Å²) in [6, 6.07) is 11.0. The fourth-order valence-corrected chi connectivity index (χ4v) is 4.79. The van der Waals surface area contributed by atoms with Crippen molar-refractivity contribution in [2.24, 2.45) is 5.73 Å². The highest BCUT2D eigenvalue weighted by atomic mass is 16.6. The summed E-state index contributed by atoms with van der Waals surface area (Å²) in [4.78, 5) is 68.2. The Labute approximate surface area is 277 Å². The first-order chi connectivity index (χ1) is 21.6. The Morgan fingerprint density at radius 1 is 0.809 bits per heavy atom. The number of nitrogens with one attached hydrogen (secondary N) is 2. The van der Waals surface area contributed by atoms with E-state index in [-0.39, 0.29) is 30.6 Å². The van der Waals surface area contributed by atoms with Gasteiger partial charge in [0.2, 0.25) is 17.7 Å². The van der Waals surface area contributed by atoms with Gasteiger partial charge in [-0.2, -0.15) is 0 Å². The summed E-state index contributed by atoms with van der Waals surface area (Å²) in [5.41, 5.74) is 3.58. The van der Waals surface area contributed by atoms with Crippen LogP contribution in [0.4, 0.5) is 4.79 Å². The van der Waals surface area contributed by atoms with E-state index in [9.17, 15) is 29.1 Å². The lowest BCUT2D eigenvalue weighted by Gasteiger charge is -2.43. The zero-order chi connectivity index (χ0) is 35.7. The number of hydrogen-bond acceptors (Lipinski definition) is 8. The summed E-state index contributed by atoms with van der Waals surface area (Å²) in [5.74, 6) is -2.99. The predicted octanol–water partition coefficient (Wildman–Crippen LogP) is 4.29. The molecule has 0 bridgehead atoms. The first-order valence-corrected chi connectivity index (χ1v) is 15.5. The van der Waals surface area contributed by atoms with Crippen LogP contribution >= 0.6 is 0 Å². The molecule has 0 aliphatic heterocycles. The normalized spacial score (nSPS) is 13.8. The number of aromatic hydroxyl groups is 1. The van der Waals surface area contributed by atoms with Gasteiger partial charge in [0.1, 0.15) is 35.1 Å². The van der Waals surface area contributed by atoms with Crippen LogP contribution in [0.2, 0.25) is 0 Å². The highest BCUT2D eigenvalue weighted by molar-refractivity contribution is 5.94. The molecule has 0 fully saturated rings. The number of primary amides is 1. The molecule has 258 valence electrons. The highest BCUT2D eigenvalue weighted by Gasteiger charge is 2.43. The van der Waals surface area contributed by atoms with Crippen LogP contribution in [-0.4, -0.2) is 68.6 Å². The first-order valence-electron chi connectivity index (χ1n) is 15.5. The predicted molar refractivity (Wildman–Crippen MR) is 177 cm³/mol. The Hall–Kier alpha value is -4.61. The topological polar surface area (TPSA) is 177 Å². The quantitative estimate of drug-likeness (QED) is 0.245. The molecule has 0 saturated heterocycles. The average Bonchev–Trinajstić information content (AvgIpc) is 2.91. The van der Waals surface area contributed by atoms with E-state index < -0.39 is 64.7 Å². The number of hydrogen-bond donors (Lipinski definition) is 4. The van der Waals surface area contributed by atoms with Gasteiger partial charge in [-0.05, 0) is 92.0 Å². The Morgan fingerprint density at radius 3 is 1.91 bits per heavy atom. The zero-order valence-corrected chi connectivity index (χ0v) is 28.9.